The Balaban J connectivity index is -0.000000595. The summed E-state index contributed by atoms with van der Waals surface area (Å²) in [4.78, 5) is 11.7. The fourth-order valence-corrected chi connectivity index (χ4v) is 1.32. The minimum Gasteiger partial charge on any atom is -0.380 e. The van der Waals surface area contributed by atoms with E-state index in [1.807, 2.05) is 58.1 Å². The fourth-order valence-electron chi connectivity index (χ4n) is 1.32. The van der Waals surface area contributed by atoms with Gasteiger partial charge in [-0.05, 0) is 18.9 Å². The van der Waals surface area contributed by atoms with E-state index in [1.165, 1.54) is 0 Å². The maximum absolute atomic E-state index is 11.7. The third-order valence-corrected chi connectivity index (χ3v) is 2.12. The third-order valence-electron chi connectivity index (χ3n) is 2.12. The van der Waals surface area contributed by atoms with Crippen LogP contribution in [0.3, 0.4) is 0 Å². The molecular weight excluding hydrogens is 250 g/mol. The highest BCUT2D eigenvalue weighted by molar-refractivity contribution is 5.96. The number of amides is 1. The lowest BCUT2D eigenvalue weighted by Crippen LogP contribution is -2.28. The molecule has 0 bridgehead atoms. The van der Waals surface area contributed by atoms with Crippen molar-refractivity contribution in [2.75, 3.05) is 19.8 Å². The van der Waals surface area contributed by atoms with Crippen molar-refractivity contribution >= 4 is 5.91 Å². The average Bonchev–Trinajstić information content (AvgIpc) is 2.80. The molecule has 0 aromatic carbocycles. The molecule has 1 amide bonds. The molecule has 0 saturated heterocycles. The first-order chi connectivity index (χ1) is 9.84. The quantitative estimate of drug-likeness (QED) is 0.739. The van der Waals surface area contributed by atoms with E-state index < -0.39 is 0 Å². The van der Waals surface area contributed by atoms with Gasteiger partial charge < -0.3 is 10.1 Å². The summed E-state index contributed by atoms with van der Waals surface area (Å²) in [6.07, 6.45) is 11.5. The number of ether oxygens (including phenoxy) is 1. The lowest BCUT2D eigenvalue weighted by atomic mass is 10.2. The largest absolute Gasteiger partial charge is 0.380 e. The topological polar surface area (TPSA) is 38.3 Å². The minimum absolute atomic E-state index is 0. The van der Waals surface area contributed by atoms with E-state index in [2.05, 4.69) is 12.2 Å². The molecule has 3 nitrogen and oxygen atoms in total. The average molecular weight is 283 g/mol. The summed E-state index contributed by atoms with van der Waals surface area (Å²) in [5, 5.41) is 2.82. The number of hydrogen-bond donors (Lipinski definition) is 1. The summed E-state index contributed by atoms with van der Waals surface area (Å²) in [6, 6.07) is 0. The Morgan fingerprint density at radius 3 is 2.60 bits per heavy atom. The standard InChI is InChI=1S/C13H19NO2.2C2H6.H2/c1-2-10-16-11-9-14-13(15)12-7-5-3-4-6-8-12;2*1-2;/h3,5-8H,2,4,9-11H2,1H3,(H,14,15);2*1-2H3;1H. The molecule has 0 heterocycles. The second kappa shape index (κ2) is 17.6. The number of hydrogen-bond acceptors (Lipinski definition) is 2. The molecule has 0 spiro atoms. The molecule has 0 aliphatic heterocycles. The van der Waals surface area contributed by atoms with Crippen LogP contribution in [0.25, 0.3) is 0 Å². The Bertz CT molecular complexity index is 310. The summed E-state index contributed by atoms with van der Waals surface area (Å²) in [6.45, 7) is 12.0. The molecule has 1 rings (SSSR count). The van der Waals surface area contributed by atoms with Crippen molar-refractivity contribution in [2.45, 2.75) is 47.5 Å². The smallest absolute Gasteiger partial charge is 0.251 e. The highest BCUT2D eigenvalue weighted by atomic mass is 16.5. The van der Waals surface area contributed by atoms with E-state index in [0.717, 1.165) is 19.4 Å². The molecule has 1 aliphatic rings. The van der Waals surface area contributed by atoms with Gasteiger partial charge in [-0.3, -0.25) is 4.79 Å². The summed E-state index contributed by atoms with van der Waals surface area (Å²) in [5.74, 6) is -0.0390. The van der Waals surface area contributed by atoms with Crippen molar-refractivity contribution < 1.29 is 11.0 Å². The fraction of sp³-hybridized carbons (Fsp3) is 0.588. The Morgan fingerprint density at radius 2 is 1.95 bits per heavy atom. The van der Waals surface area contributed by atoms with Crippen LogP contribution in [0.1, 0.15) is 48.9 Å². The van der Waals surface area contributed by atoms with Crippen molar-refractivity contribution in [3.8, 4) is 0 Å². The van der Waals surface area contributed by atoms with E-state index in [9.17, 15) is 4.79 Å². The van der Waals surface area contributed by atoms with Crippen LogP contribution in [0.15, 0.2) is 36.0 Å². The van der Waals surface area contributed by atoms with E-state index >= 15 is 0 Å². The number of allylic oxidation sites excluding steroid dienone is 4. The molecule has 118 valence electrons. The van der Waals surface area contributed by atoms with Gasteiger partial charge in [0, 0.05) is 20.2 Å². The molecule has 0 aromatic rings. The van der Waals surface area contributed by atoms with Crippen LogP contribution in [-0.2, 0) is 9.53 Å². The van der Waals surface area contributed by atoms with Gasteiger partial charge in [-0.25, -0.2) is 0 Å². The zero-order valence-corrected chi connectivity index (χ0v) is 13.7. The number of nitrogens with one attached hydrogen (secondary N) is 1. The van der Waals surface area contributed by atoms with Gasteiger partial charge in [-0.15, -0.1) is 0 Å². The number of carbonyl (C=O) groups excluding carboxylic acids is 1. The van der Waals surface area contributed by atoms with Crippen molar-refractivity contribution in [3.05, 3.63) is 36.0 Å². The predicted molar refractivity (Wildman–Crippen MR) is 89.9 cm³/mol. The zero-order valence-electron chi connectivity index (χ0n) is 13.7. The van der Waals surface area contributed by atoms with Gasteiger partial charge in [0.05, 0.1) is 6.61 Å². The Labute approximate surface area is 126 Å². The number of carbonyl (C=O) groups is 1. The van der Waals surface area contributed by atoms with Crippen molar-refractivity contribution in [2.24, 2.45) is 0 Å². The highest BCUT2D eigenvalue weighted by Crippen LogP contribution is 2.04. The Kier molecular flexibility index (Phi) is 18.5. The number of rotatable bonds is 6. The lowest BCUT2D eigenvalue weighted by Gasteiger charge is -2.05. The van der Waals surface area contributed by atoms with Crippen molar-refractivity contribution in [1.29, 1.82) is 0 Å². The van der Waals surface area contributed by atoms with Crippen LogP contribution in [0, 0.1) is 0 Å². The summed E-state index contributed by atoms with van der Waals surface area (Å²) in [7, 11) is 0. The van der Waals surface area contributed by atoms with Crippen molar-refractivity contribution in [1.82, 2.24) is 5.32 Å². The maximum atomic E-state index is 11.7. The lowest BCUT2D eigenvalue weighted by molar-refractivity contribution is -0.117. The Morgan fingerprint density at radius 1 is 1.25 bits per heavy atom. The molecule has 20 heavy (non-hydrogen) atoms. The van der Waals surface area contributed by atoms with Gasteiger partial charge in [-0.1, -0.05) is 58.9 Å². The molecule has 0 unspecified atom stereocenters. The third kappa shape index (κ3) is 11.7. The first kappa shape index (κ1) is 21.0. The molecule has 0 atom stereocenters. The highest BCUT2D eigenvalue weighted by Gasteiger charge is 2.04. The van der Waals surface area contributed by atoms with Gasteiger partial charge >= 0.3 is 0 Å². The first-order valence-electron chi connectivity index (χ1n) is 7.74. The second-order valence-corrected chi connectivity index (χ2v) is 3.56. The Hall–Kier alpha value is -1.35. The normalized spacial score (nSPS) is 12.2. The second-order valence-electron chi connectivity index (χ2n) is 3.56. The van der Waals surface area contributed by atoms with Crippen LogP contribution < -0.4 is 5.32 Å². The minimum atomic E-state index is -0.0390. The SMILES string of the molecule is CC.CC.CCCOCCNC(=O)C1=CC=CCC=C1.[HH]. The van der Waals surface area contributed by atoms with Gasteiger partial charge in [0.25, 0.3) is 5.91 Å². The van der Waals surface area contributed by atoms with Gasteiger partial charge in [0.1, 0.15) is 0 Å². The van der Waals surface area contributed by atoms with E-state index in [0.29, 0.717) is 18.7 Å². The molecule has 3 heteroatoms. The molecule has 0 aromatic heterocycles. The molecule has 1 aliphatic carbocycles. The van der Waals surface area contributed by atoms with Crippen LogP contribution >= 0.6 is 0 Å². The summed E-state index contributed by atoms with van der Waals surface area (Å²) in [5.41, 5.74) is 0.698. The van der Waals surface area contributed by atoms with Crippen LogP contribution in [0.4, 0.5) is 0 Å². The van der Waals surface area contributed by atoms with Gasteiger partial charge in [0.2, 0.25) is 0 Å². The predicted octanol–water partition coefficient (Wildman–Crippen LogP) is 4.27. The van der Waals surface area contributed by atoms with E-state index in [-0.39, 0.29) is 7.33 Å². The molecular formula is C17H33NO2. The van der Waals surface area contributed by atoms with E-state index in [1.54, 1.807) is 0 Å². The van der Waals surface area contributed by atoms with Crippen LogP contribution in [0.5, 0.6) is 0 Å². The van der Waals surface area contributed by atoms with Crippen molar-refractivity contribution in [3.63, 3.8) is 0 Å². The zero-order chi connectivity index (χ0) is 15.6. The molecule has 0 saturated carbocycles. The van der Waals surface area contributed by atoms with Gasteiger partial charge in [-0.2, -0.15) is 0 Å². The first-order valence-corrected chi connectivity index (χ1v) is 7.74. The molecule has 0 fully saturated rings. The summed E-state index contributed by atoms with van der Waals surface area (Å²) >= 11 is 0. The molecule has 0 radical (unpaired) electrons. The summed E-state index contributed by atoms with van der Waals surface area (Å²) < 4.78 is 5.28. The maximum Gasteiger partial charge on any atom is 0.251 e. The van der Waals surface area contributed by atoms with Gasteiger partial charge in [0.15, 0.2) is 0 Å². The van der Waals surface area contributed by atoms with Crippen LogP contribution in [0.2, 0.25) is 0 Å². The van der Waals surface area contributed by atoms with E-state index in [4.69, 9.17) is 4.74 Å². The monoisotopic (exact) mass is 283 g/mol. The molecule has 1 N–H and O–H groups in total. The van der Waals surface area contributed by atoms with Crippen LogP contribution in [-0.4, -0.2) is 25.7 Å².